The third-order valence-electron chi connectivity index (χ3n) is 5.80. The maximum absolute atomic E-state index is 12.8. The number of rotatable bonds is 12. The third kappa shape index (κ3) is 6.92. The van der Waals surface area contributed by atoms with Gasteiger partial charge in [-0.2, -0.15) is 0 Å². The number of ketones is 1. The quantitative estimate of drug-likeness (QED) is 0.271. The number of anilines is 1. The van der Waals surface area contributed by atoms with E-state index in [9.17, 15) is 23.1 Å². The Morgan fingerprint density at radius 3 is 2.72 bits per heavy atom. The van der Waals surface area contributed by atoms with Crippen LogP contribution in [0.15, 0.2) is 60.9 Å². The largest absolute Gasteiger partial charge is 0.489 e. The van der Waals surface area contributed by atoms with E-state index in [4.69, 9.17) is 4.74 Å². The van der Waals surface area contributed by atoms with E-state index < -0.39 is 22.0 Å². The molecule has 1 aromatic heterocycles. The van der Waals surface area contributed by atoms with Crippen LogP contribution in [0.5, 0.6) is 5.75 Å². The number of hydrogen-bond acceptors (Lipinski definition) is 7. The number of nitrogens with one attached hydrogen (secondary N) is 3. The van der Waals surface area contributed by atoms with Crippen molar-refractivity contribution < 1.29 is 27.9 Å². The van der Waals surface area contributed by atoms with Gasteiger partial charge in [-0.05, 0) is 42.5 Å². The molecule has 2 atom stereocenters. The molecule has 0 aliphatic carbocycles. The number of ether oxygens (including phenoxy) is 1. The summed E-state index contributed by atoms with van der Waals surface area (Å²) in [4.78, 5) is 31.6. The third-order valence-corrected chi connectivity index (χ3v) is 7.16. The second-order valence-electron chi connectivity index (χ2n) is 8.66. The van der Waals surface area contributed by atoms with Crippen LogP contribution >= 0.6 is 0 Å². The number of carbonyl (C=O) groups is 2. The number of sulfonamides is 1. The van der Waals surface area contributed by atoms with Crippen LogP contribution in [0, 0.1) is 0 Å². The topological polar surface area (TPSA) is 150 Å². The molecule has 2 unspecified atom stereocenters. The molecule has 11 heteroatoms. The van der Waals surface area contributed by atoms with Crippen molar-refractivity contribution in [2.24, 2.45) is 0 Å². The van der Waals surface area contributed by atoms with Crippen molar-refractivity contribution in [1.82, 2.24) is 14.7 Å². The minimum absolute atomic E-state index is 0.0846. The second-order valence-corrected chi connectivity index (χ2v) is 10.4. The van der Waals surface area contributed by atoms with Gasteiger partial charge in [-0.15, -0.1) is 0 Å². The lowest BCUT2D eigenvalue weighted by Crippen LogP contribution is -2.42. The molecule has 1 aliphatic rings. The summed E-state index contributed by atoms with van der Waals surface area (Å²) >= 11 is 0. The van der Waals surface area contributed by atoms with Crippen molar-refractivity contribution in [3.8, 4) is 5.75 Å². The first kappa shape index (κ1) is 25.4. The van der Waals surface area contributed by atoms with Gasteiger partial charge in [-0.25, -0.2) is 18.1 Å². The molecular weight excluding hydrogens is 484 g/mol. The van der Waals surface area contributed by atoms with E-state index >= 15 is 0 Å². The molecule has 0 bridgehead atoms. The van der Waals surface area contributed by atoms with Gasteiger partial charge in [-0.3, -0.25) is 9.59 Å². The highest BCUT2D eigenvalue weighted by Crippen LogP contribution is 2.30. The molecule has 4 N–H and O–H groups in total. The van der Waals surface area contributed by atoms with Crippen molar-refractivity contribution in [3.05, 3.63) is 77.6 Å². The number of hydrogen-bond donors (Lipinski definition) is 4. The van der Waals surface area contributed by atoms with Crippen LogP contribution in [0.4, 0.5) is 5.95 Å². The summed E-state index contributed by atoms with van der Waals surface area (Å²) in [5, 5.41) is 12.8. The van der Waals surface area contributed by atoms with Crippen LogP contribution in [0.3, 0.4) is 0 Å². The number of carboxylic acid groups (broad SMARTS) is 1. The Kier molecular flexibility index (Phi) is 8.01. The maximum Gasteiger partial charge on any atom is 0.322 e. The fourth-order valence-corrected chi connectivity index (χ4v) is 5.42. The van der Waals surface area contributed by atoms with Gasteiger partial charge in [0.2, 0.25) is 10.0 Å². The molecule has 0 saturated carbocycles. The Balaban J connectivity index is 1.35. The van der Waals surface area contributed by atoms with Crippen molar-refractivity contribution in [1.29, 1.82) is 0 Å². The first-order valence-electron chi connectivity index (χ1n) is 11.6. The number of H-pyrrole nitrogens is 1. The van der Waals surface area contributed by atoms with Crippen molar-refractivity contribution in [3.63, 3.8) is 0 Å². The van der Waals surface area contributed by atoms with Crippen LogP contribution in [-0.4, -0.2) is 53.9 Å². The van der Waals surface area contributed by atoms with Crippen LogP contribution in [0.2, 0.25) is 0 Å². The van der Waals surface area contributed by atoms with Gasteiger partial charge in [0.05, 0.1) is 11.3 Å². The van der Waals surface area contributed by atoms with E-state index in [-0.39, 0.29) is 30.5 Å². The summed E-state index contributed by atoms with van der Waals surface area (Å²) in [5.74, 6) is -0.563. The van der Waals surface area contributed by atoms with Crippen LogP contribution < -0.4 is 14.8 Å². The molecule has 0 radical (unpaired) electrons. The van der Waals surface area contributed by atoms with Gasteiger partial charge in [-0.1, -0.05) is 36.4 Å². The van der Waals surface area contributed by atoms with Gasteiger partial charge in [0.1, 0.15) is 17.9 Å². The van der Waals surface area contributed by atoms with Gasteiger partial charge in [0.25, 0.3) is 0 Å². The minimum Gasteiger partial charge on any atom is -0.489 e. The maximum atomic E-state index is 12.8. The van der Waals surface area contributed by atoms with Gasteiger partial charge < -0.3 is 20.1 Å². The zero-order chi connectivity index (χ0) is 25.5. The predicted molar refractivity (Wildman–Crippen MR) is 133 cm³/mol. The average Bonchev–Trinajstić information content (AvgIpc) is 3.35. The average molecular weight is 513 g/mol. The van der Waals surface area contributed by atoms with Gasteiger partial charge in [0, 0.05) is 25.4 Å². The standard InChI is InChI=1S/C25H28N4O6S/c30-22-15-19(7-4-10-26-25-27-11-12-28-25)35-23-9-8-18(13-20(22)23)14-21(24(31)32)29-36(33,34)16-17-5-2-1-3-6-17/h1-3,5-6,8-9,11-13,19,21,29H,4,7,10,14-16H2,(H,31,32)(H2,26,27,28). The van der Waals surface area contributed by atoms with E-state index in [0.717, 1.165) is 6.42 Å². The number of benzene rings is 2. The summed E-state index contributed by atoms with van der Waals surface area (Å²) in [6.45, 7) is 0.685. The fourth-order valence-electron chi connectivity index (χ4n) is 4.09. The SMILES string of the molecule is O=C1CC(CCCNc2ncc[nH]2)Oc2ccc(CC(NS(=O)(=O)Cc3ccccc3)C(=O)O)cc21. The zero-order valence-electron chi connectivity index (χ0n) is 19.5. The predicted octanol–water partition coefficient (Wildman–Crippen LogP) is 2.75. The second kappa shape index (κ2) is 11.4. The fraction of sp³-hybridized carbons (Fsp3) is 0.320. The molecule has 0 amide bonds. The monoisotopic (exact) mass is 512 g/mol. The Bertz CT molecular complexity index is 1300. The van der Waals surface area contributed by atoms with E-state index in [1.165, 1.54) is 0 Å². The van der Waals surface area contributed by atoms with E-state index in [1.54, 1.807) is 60.9 Å². The number of carbonyl (C=O) groups excluding carboxylic acids is 1. The summed E-state index contributed by atoms with van der Waals surface area (Å²) in [6, 6.07) is 12.1. The highest BCUT2D eigenvalue weighted by Gasteiger charge is 2.28. The van der Waals surface area contributed by atoms with Crippen molar-refractivity contribution in [2.45, 2.75) is 43.6 Å². The molecule has 2 heterocycles. The minimum atomic E-state index is -3.89. The lowest BCUT2D eigenvalue weighted by atomic mass is 9.95. The molecule has 10 nitrogen and oxygen atoms in total. The smallest absolute Gasteiger partial charge is 0.322 e. The Labute approximate surface area is 209 Å². The van der Waals surface area contributed by atoms with Gasteiger partial charge in [0.15, 0.2) is 11.7 Å². The number of Topliss-reactive ketones (excluding diaryl/α,β-unsaturated/α-hetero) is 1. The number of imidazole rings is 1. The first-order chi connectivity index (χ1) is 17.3. The molecule has 0 fully saturated rings. The lowest BCUT2D eigenvalue weighted by Gasteiger charge is -2.26. The number of aromatic nitrogens is 2. The Morgan fingerprint density at radius 1 is 1.19 bits per heavy atom. The molecule has 3 aromatic rings. The van der Waals surface area contributed by atoms with Crippen LogP contribution in [0.25, 0.3) is 0 Å². The normalized spacial score (nSPS) is 16.1. The number of nitrogens with zero attached hydrogens (tertiary/aromatic N) is 1. The van der Waals surface area contributed by atoms with Crippen molar-refractivity contribution in [2.75, 3.05) is 11.9 Å². The van der Waals surface area contributed by atoms with Crippen LogP contribution in [0.1, 0.15) is 40.7 Å². The first-order valence-corrected chi connectivity index (χ1v) is 13.3. The van der Waals surface area contributed by atoms with E-state index in [1.807, 2.05) is 0 Å². The molecule has 36 heavy (non-hydrogen) atoms. The Morgan fingerprint density at radius 2 is 2.00 bits per heavy atom. The summed E-state index contributed by atoms with van der Waals surface area (Å²) in [7, 11) is -3.89. The van der Waals surface area contributed by atoms with E-state index in [0.29, 0.717) is 41.4 Å². The van der Waals surface area contributed by atoms with Crippen LogP contribution in [-0.2, 0) is 27.0 Å². The van der Waals surface area contributed by atoms with Crippen molar-refractivity contribution >= 4 is 27.7 Å². The zero-order valence-corrected chi connectivity index (χ0v) is 20.3. The molecule has 2 aromatic carbocycles. The molecule has 0 spiro atoms. The number of aliphatic carboxylic acids is 1. The van der Waals surface area contributed by atoms with Gasteiger partial charge >= 0.3 is 5.97 Å². The summed E-state index contributed by atoms with van der Waals surface area (Å²) < 4.78 is 33.3. The number of fused-ring (bicyclic) bond motifs is 1. The summed E-state index contributed by atoms with van der Waals surface area (Å²) in [6.07, 6.45) is 4.74. The highest BCUT2D eigenvalue weighted by atomic mass is 32.2. The highest BCUT2D eigenvalue weighted by molar-refractivity contribution is 7.88. The molecular formula is C25H28N4O6S. The molecule has 0 saturated heterocycles. The number of carboxylic acids is 1. The molecule has 4 rings (SSSR count). The molecule has 1 aliphatic heterocycles. The lowest BCUT2D eigenvalue weighted by molar-refractivity contribution is -0.138. The van der Waals surface area contributed by atoms with E-state index in [2.05, 4.69) is 20.0 Å². The Hall–Kier alpha value is -3.70. The number of aromatic amines is 1. The summed E-state index contributed by atoms with van der Waals surface area (Å²) in [5.41, 5.74) is 1.47. The molecule has 190 valence electrons.